The first-order valence-corrected chi connectivity index (χ1v) is 12.1. The number of anilines is 1. The molecule has 0 spiro atoms. The molecular formula is C31H47N. The Hall–Kier alpha value is -2.02. The second kappa shape index (κ2) is 9.08. The van der Waals surface area contributed by atoms with E-state index in [2.05, 4.69) is 118 Å². The van der Waals surface area contributed by atoms with Crippen molar-refractivity contribution in [2.24, 2.45) is 0 Å². The van der Waals surface area contributed by atoms with Crippen molar-refractivity contribution in [3.8, 4) is 0 Å². The van der Waals surface area contributed by atoms with Gasteiger partial charge in [0, 0.05) is 12.7 Å². The highest BCUT2D eigenvalue weighted by Gasteiger charge is 2.30. The molecule has 1 nitrogen and oxygen atoms in total. The van der Waals surface area contributed by atoms with Gasteiger partial charge in [0.1, 0.15) is 0 Å². The van der Waals surface area contributed by atoms with Crippen LogP contribution in [0.25, 0.3) is 6.08 Å². The zero-order chi connectivity index (χ0) is 24.5. The average Bonchev–Trinajstić information content (AvgIpc) is 2.70. The van der Waals surface area contributed by atoms with E-state index in [-0.39, 0.29) is 21.7 Å². The van der Waals surface area contributed by atoms with Gasteiger partial charge in [-0.2, -0.15) is 0 Å². The highest BCUT2D eigenvalue weighted by molar-refractivity contribution is 5.58. The molecule has 2 rings (SSSR count). The van der Waals surface area contributed by atoms with E-state index in [1.54, 1.807) is 0 Å². The Balaban J connectivity index is 2.31. The van der Waals surface area contributed by atoms with Gasteiger partial charge in [0.2, 0.25) is 0 Å². The Labute approximate surface area is 198 Å². The zero-order valence-electron chi connectivity index (χ0n) is 22.7. The summed E-state index contributed by atoms with van der Waals surface area (Å²) in [4.78, 5) is 0. The van der Waals surface area contributed by atoms with Gasteiger partial charge in [0.15, 0.2) is 0 Å². The molecule has 0 aromatic heterocycles. The van der Waals surface area contributed by atoms with Gasteiger partial charge in [-0.25, -0.2) is 0 Å². The molecule has 0 unspecified atom stereocenters. The van der Waals surface area contributed by atoms with Gasteiger partial charge in [-0.15, -0.1) is 0 Å². The van der Waals surface area contributed by atoms with Crippen molar-refractivity contribution in [3.05, 3.63) is 70.8 Å². The van der Waals surface area contributed by atoms with Crippen molar-refractivity contribution >= 4 is 11.8 Å². The molecule has 0 saturated heterocycles. The van der Waals surface area contributed by atoms with E-state index in [0.29, 0.717) is 0 Å². The van der Waals surface area contributed by atoms with Crippen LogP contribution in [-0.2, 0) is 21.7 Å². The highest BCUT2D eigenvalue weighted by atomic mass is 14.8. The van der Waals surface area contributed by atoms with Crippen LogP contribution in [0.4, 0.5) is 5.69 Å². The van der Waals surface area contributed by atoms with Crippen LogP contribution in [0.15, 0.2) is 43.0 Å². The van der Waals surface area contributed by atoms with Crippen LogP contribution in [0.3, 0.4) is 0 Å². The maximum absolute atomic E-state index is 4.09. The normalized spacial score (nSPS) is 13.2. The minimum Gasteiger partial charge on any atom is -0.388 e. The molecule has 0 bridgehead atoms. The summed E-state index contributed by atoms with van der Waals surface area (Å²) in [5.74, 6) is 0. The predicted octanol–water partition coefficient (Wildman–Crippen LogP) is 9.00. The number of hydrogen-bond donors (Lipinski definition) is 1. The van der Waals surface area contributed by atoms with Crippen molar-refractivity contribution in [1.29, 1.82) is 0 Å². The fourth-order valence-corrected chi connectivity index (χ4v) is 4.55. The summed E-state index contributed by atoms with van der Waals surface area (Å²) in [6, 6.07) is 14.0. The lowest BCUT2D eigenvalue weighted by Gasteiger charge is -2.34. The van der Waals surface area contributed by atoms with Gasteiger partial charge in [0.05, 0.1) is 0 Å². The molecule has 2 aromatic rings. The van der Waals surface area contributed by atoms with Crippen LogP contribution in [0.1, 0.15) is 110 Å². The van der Waals surface area contributed by atoms with Crippen molar-refractivity contribution < 1.29 is 0 Å². The Morgan fingerprint density at radius 1 is 0.688 bits per heavy atom. The maximum Gasteiger partial charge on any atom is 0.0378 e. The molecule has 0 heterocycles. The van der Waals surface area contributed by atoms with Crippen LogP contribution in [0.5, 0.6) is 0 Å². The number of nitrogens with one attached hydrogen (secondary N) is 1. The van der Waals surface area contributed by atoms with E-state index >= 15 is 0 Å². The van der Waals surface area contributed by atoms with Crippen LogP contribution < -0.4 is 5.32 Å². The fourth-order valence-electron chi connectivity index (χ4n) is 4.55. The first-order chi connectivity index (χ1) is 14.5. The molecule has 176 valence electrons. The van der Waals surface area contributed by atoms with Gasteiger partial charge < -0.3 is 5.32 Å². The van der Waals surface area contributed by atoms with E-state index in [1.165, 1.54) is 33.5 Å². The molecule has 1 heteroatoms. The maximum atomic E-state index is 4.09. The Morgan fingerprint density at radius 3 is 1.72 bits per heavy atom. The zero-order valence-corrected chi connectivity index (χ0v) is 22.7. The largest absolute Gasteiger partial charge is 0.388 e. The molecule has 0 radical (unpaired) electrons. The summed E-state index contributed by atoms with van der Waals surface area (Å²) < 4.78 is 0. The first-order valence-electron chi connectivity index (χ1n) is 12.1. The lowest BCUT2D eigenvalue weighted by atomic mass is 9.71. The molecule has 32 heavy (non-hydrogen) atoms. The molecule has 0 amide bonds. The van der Waals surface area contributed by atoms with Crippen molar-refractivity contribution in [2.75, 3.05) is 12.4 Å². The molecule has 0 saturated carbocycles. The Kier molecular flexibility index (Phi) is 7.45. The lowest BCUT2D eigenvalue weighted by molar-refractivity contribution is 0.375. The lowest BCUT2D eigenvalue weighted by Crippen LogP contribution is -2.26. The summed E-state index contributed by atoms with van der Waals surface area (Å²) >= 11 is 0. The number of hydrogen-bond acceptors (Lipinski definition) is 1. The van der Waals surface area contributed by atoms with Gasteiger partial charge in [-0.05, 0) is 68.4 Å². The summed E-state index contributed by atoms with van der Waals surface area (Å²) in [6.07, 6.45) is 4.25. The second-order valence-corrected chi connectivity index (χ2v) is 12.8. The predicted molar refractivity (Wildman–Crippen MR) is 145 cm³/mol. The summed E-state index contributed by atoms with van der Waals surface area (Å²) in [5.41, 5.74) is 8.50. The van der Waals surface area contributed by atoms with Gasteiger partial charge >= 0.3 is 0 Å². The first kappa shape index (κ1) is 26.2. The Morgan fingerprint density at radius 2 is 1.22 bits per heavy atom. The molecule has 0 atom stereocenters. The van der Waals surface area contributed by atoms with Crippen LogP contribution in [0, 0.1) is 0 Å². The topological polar surface area (TPSA) is 12.0 Å². The fraction of sp³-hybridized carbons (Fsp3) is 0.548. The molecule has 0 aliphatic heterocycles. The summed E-state index contributed by atoms with van der Waals surface area (Å²) in [5, 5.41) is 3.47. The average molecular weight is 434 g/mol. The smallest absolute Gasteiger partial charge is 0.0378 e. The van der Waals surface area contributed by atoms with E-state index in [0.717, 1.165) is 12.8 Å². The standard InChI is InChI=1S/C31H47N/c1-13-22-20-24(15-16-25(22)29(5,6)7)30(8,9)18-19-31(10,11)26-17-14-23(28(2,3)4)21-27(26)32-12/h13-17,20-21,32H,1,18-19H2,2-12H3. The third-order valence-corrected chi connectivity index (χ3v) is 7.12. The number of rotatable bonds is 7. The van der Waals surface area contributed by atoms with Crippen molar-refractivity contribution in [1.82, 2.24) is 0 Å². The third-order valence-electron chi connectivity index (χ3n) is 7.12. The monoisotopic (exact) mass is 433 g/mol. The van der Waals surface area contributed by atoms with Crippen LogP contribution >= 0.6 is 0 Å². The van der Waals surface area contributed by atoms with Gasteiger partial charge in [0.25, 0.3) is 0 Å². The third kappa shape index (κ3) is 5.85. The minimum atomic E-state index is 0.0820. The highest BCUT2D eigenvalue weighted by Crippen LogP contribution is 2.41. The SMILES string of the molecule is C=Cc1cc(C(C)(C)CCC(C)(C)c2ccc(C(C)(C)C)cc2NC)ccc1C(C)(C)C. The molecule has 2 aromatic carbocycles. The van der Waals surface area contributed by atoms with E-state index < -0.39 is 0 Å². The molecule has 0 aliphatic rings. The van der Waals surface area contributed by atoms with Gasteiger partial charge in [-0.3, -0.25) is 0 Å². The summed E-state index contributed by atoms with van der Waals surface area (Å²) in [7, 11) is 2.04. The summed E-state index contributed by atoms with van der Waals surface area (Å²) in [6.45, 7) is 27.3. The molecule has 0 aliphatic carbocycles. The Bertz CT molecular complexity index is 945. The number of benzene rings is 2. The van der Waals surface area contributed by atoms with Crippen molar-refractivity contribution in [2.45, 2.75) is 104 Å². The molecule has 0 fully saturated rings. The minimum absolute atomic E-state index is 0.0820. The van der Waals surface area contributed by atoms with Crippen LogP contribution in [0.2, 0.25) is 0 Å². The molecule has 1 N–H and O–H groups in total. The quantitative estimate of drug-likeness (QED) is 0.459. The van der Waals surface area contributed by atoms with Gasteiger partial charge in [-0.1, -0.05) is 112 Å². The second-order valence-electron chi connectivity index (χ2n) is 12.8. The van der Waals surface area contributed by atoms with E-state index in [4.69, 9.17) is 0 Å². The van der Waals surface area contributed by atoms with Crippen molar-refractivity contribution in [3.63, 3.8) is 0 Å². The van der Waals surface area contributed by atoms with E-state index in [1.807, 2.05) is 13.1 Å². The van der Waals surface area contributed by atoms with Crippen LogP contribution in [-0.4, -0.2) is 7.05 Å². The van der Waals surface area contributed by atoms with E-state index in [9.17, 15) is 0 Å². The molecular weight excluding hydrogens is 386 g/mol.